The summed E-state index contributed by atoms with van der Waals surface area (Å²) >= 11 is 0. The van der Waals surface area contributed by atoms with Crippen molar-refractivity contribution in [2.75, 3.05) is 19.8 Å². The Bertz CT molecular complexity index is 571. The van der Waals surface area contributed by atoms with Gasteiger partial charge in [0.1, 0.15) is 13.2 Å². The topological polar surface area (TPSA) is 64.6 Å². The lowest BCUT2D eigenvalue weighted by atomic mass is 10.2. The second-order valence-electron chi connectivity index (χ2n) is 4.90. The smallest absolute Gasteiger partial charge is 0.182 e. The van der Waals surface area contributed by atoms with Crippen LogP contribution in [0.3, 0.4) is 0 Å². The summed E-state index contributed by atoms with van der Waals surface area (Å²) in [4.78, 5) is 0.277. The second kappa shape index (κ2) is 6.01. The van der Waals surface area contributed by atoms with Crippen LogP contribution in [0.2, 0.25) is 0 Å². The minimum atomic E-state index is -3.39. The highest BCUT2D eigenvalue weighted by Crippen LogP contribution is 2.33. The summed E-state index contributed by atoms with van der Waals surface area (Å²) in [6, 6.07) is 4.68. The molecule has 0 amide bonds. The highest BCUT2D eigenvalue weighted by molar-refractivity contribution is 7.92. The van der Waals surface area contributed by atoms with Gasteiger partial charge in [-0.25, -0.2) is 8.42 Å². The lowest BCUT2D eigenvalue weighted by Crippen LogP contribution is -2.40. The molecule has 0 bridgehead atoms. The lowest BCUT2D eigenvalue weighted by Gasteiger charge is -2.23. The molecule has 0 aliphatic carbocycles. The van der Waals surface area contributed by atoms with E-state index in [1.54, 1.807) is 25.1 Å². The number of hydrogen-bond donors (Lipinski definition) is 1. The van der Waals surface area contributed by atoms with Gasteiger partial charge in [-0.15, -0.1) is 0 Å². The van der Waals surface area contributed by atoms with E-state index >= 15 is 0 Å². The Balaban J connectivity index is 2.29. The Kier molecular flexibility index (Phi) is 4.55. The third-order valence-electron chi connectivity index (χ3n) is 3.56. The van der Waals surface area contributed by atoms with Crippen LogP contribution < -0.4 is 14.8 Å². The molecule has 112 valence electrons. The first-order valence-electron chi connectivity index (χ1n) is 6.83. The number of sulfone groups is 1. The van der Waals surface area contributed by atoms with E-state index in [0.29, 0.717) is 24.7 Å². The van der Waals surface area contributed by atoms with Crippen LogP contribution in [0.15, 0.2) is 23.1 Å². The Labute approximate surface area is 120 Å². The predicted octanol–water partition coefficient (Wildman–Crippen LogP) is 1.62. The number of benzene rings is 1. The zero-order valence-corrected chi connectivity index (χ0v) is 12.9. The molecule has 1 aromatic rings. The molecule has 20 heavy (non-hydrogen) atoms. The summed E-state index contributed by atoms with van der Waals surface area (Å²) in [5.41, 5.74) is 0. The molecule has 1 heterocycles. The van der Waals surface area contributed by atoms with Crippen molar-refractivity contribution in [2.45, 2.75) is 37.0 Å². The zero-order chi connectivity index (χ0) is 14.8. The van der Waals surface area contributed by atoms with Crippen molar-refractivity contribution < 1.29 is 17.9 Å². The van der Waals surface area contributed by atoms with Crippen LogP contribution in [0, 0.1) is 0 Å². The molecular formula is C14H21NO4S. The first-order chi connectivity index (χ1) is 9.46. The molecule has 0 saturated carbocycles. The molecular weight excluding hydrogens is 278 g/mol. The van der Waals surface area contributed by atoms with Gasteiger partial charge >= 0.3 is 0 Å². The maximum atomic E-state index is 12.6. The molecule has 2 unspecified atom stereocenters. The molecule has 2 rings (SSSR count). The molecule has 0 spiro atoms. The molecule has 1 N–H and O–H groups in total. The summed E-state index contributed by atoms with van der Waals surface area (Å²) in [5, 5.41) is 2.64. The van der Waals surface area contributed by atoms with Gasteiger partial charge < -0.3 is 14.8 Å². The summed E-state index contributed by atoms with van der Waals surface area (Å²) < 4.78 is 36.0. The van der Waals surface area contributed by atoms with Crippen molar-refractivity contribution in [3.63, 3.8) is 0 Å². The number of hydrogen-bond acceptors (Lipinski definition) is 5. The van der Waals surface area contributed by atoms with Crippen molar-refractivity contribution in [2.24, 2.45) is 0 Å². The number of fused-ring (bicyclic) bond motifs is 1. The first kappa shape index (κ1) is 15.1. The van der Waals surface area contributed by atoms with Gasteiger partial charge in [0.05, 0.1) is 10.1 Å². The Morgan fingerprint density at radius 2 is 1.85 bits per heavy atom. The van der Waals surface area contributed by atoms with Gasteiger partial charge in [0, 0.05) is 12.1 Å². The van der Waals surface area contributed by atoms with E-state index in [1.807, 2.05) is 13.8 Å². The third kappa shape index (κ3) is 2.91. The van der Waals surface area contributed by atoms with Gasteiger partial charge in [0.25, 0.3) is 0 Å². The molecule has 0 radical (unpaired) electrons. The Morgan fingerprint density at radius 1 is 1.20 bits per heavy atom. The second-order valence-corrected chi connectivity index (χ2v) is 7.21. The maximum absolute atomic E-state index is 12.6. The largest absolute Gasteiger partial charge is 0.486 e. The van der Waals surface area contributed by atoms with Crippen LogP contribution in [0.25, 0.3) is 0 Å². The van der Waals surface area contributed by atoms with Gasteiger partial charge in [-0.05, 0) is 32.5 Å². The van der Waals surface area contributed by atoms with E-state index < -0.39 is 15.1 Å². The number of nitrogens with one attached hydrogen (secondary N) is 1. The first-order valence-corrected chi connectivity index (χ1v) is 8.38. The summed E-state index contributed by atoms with van der Waals surface area (Å²) in [6.45, 7) is 7.23. The minimum Gasteiger partial charge on any atom is -0.486 e. The van der Waals surface area contributed by atoms with Crippen LogP contribution in [-0.4, -0.2) is 39.5 Å². The predicted molar refractivity (Wildman–Crippen MR) is 77.2 cm³/mol. The number of rotatable bonds is 5. The van der Waals surface area contributed by atoms with Crippen LogP contribution in [0.5, 0.6) is 11.5 Å². The molecule has 0 fully saturated rings. The quantitative estimate of drug-likeness (QED) is 0.895. The van der Waals surface area contributed by atoms with E-state index in [0.717, 1.165) is 6.54 Å². The average Bonchev–Trinajstić information content (AvgIpc) is 2.46. The van der Waals surface area contributed by atoms with Crippen molar-refractivity contribution in [3.05, 3.63) is 18.2 Å². The highest BCUT2D eigenvalue weighted by Gasteiger charge is 2.29. The van der Waals surface area contributed by atoms with Crippen molar-refractivity contribution >= 4 is 9.84 Å². The summed E-state index contributed by atoms with van der Waals surface area (Å²) in [7, 11) is -3.39. The fraction of sp³-hybridized carbons (Fsp3) is 0.571. The Morgan fingerprint density at radius 3 is 2.50 bits per heavy atom. The van der Waals surface area contributed by atoms with E-state index in [4.69, 9.17) is 9.47 Å². The van der Waals surface area contributed by atoms with E-state index in [1.165, 1.54) is 0 Å². The average molecular weight is 299 g/mol. The van der Waals surface area contributed by atoms with Gasteiger partial charge in [0.15, 0.2) is 21.3 Å². The van der Waals surface area contributed by atoms with Crippen molar-refractivity contribution in [1.29, 1.82) is 0 Å². The third-order valence-corrected chi connectivity index (χ3v) is 5.86. The molecule has 1 aromatic carbocycles. The summed E-state index contributed by atoms with van der Waals surface area (Å²) in [6.07, 6.45) is 0. The van der Waals surface area contributed by atoms with Gasteiger partial charge in [-0.3, -0.25) is 0 Å². The SMILES string of the molecule is CCNC(C)C(C)S(=O)(=O)c1ccc2c(c1)OCCO2. The monoisotopic (exact) mass is 299 g/mol. The fourth-order valence-electron chi connectivity index (χ4n) is 2.17. The summed E-state index contributed by atoms with van der Waals surface area (Å²) in [5.74, 6) is 1.10. The normalized spacial score (nSPS) is 17.6. The van der Waals surface area contributed by atoms with E-state index in [2.05, 4.69) is 5.32 Å². The zero-order valence-electron chi connectivity index (χ0n) is 12.0. The lowest BCUT2D eigenvalue weighted by molar-refractivity contribution is 0.171. The highest BCUT2D eigenvalue weighted by atomic mass is 32.2. The van der Waals surface area contributed by atoms with Gasteiger partial charge in [-0.1, -0.05) is 6.92 Å². The maximum Gasteiger partial charge on any atom is 0.182 e. The van der Waals surface area contributed by atoms with Crippen LogP contribution in [-0.2, 0) is 9.84 Å². The minimum absolute atomic E-state index is 0.113. The van der Waals surface area contributed by atoms with Crippen molar-refractivity contribution in [1.82, 2.24) is 5.32 Å². The molecule has 1 aliphatic heterocycles. The molecule has 5 nitrogen and oxygen atoms in total. The number of ether oxygens (including phenoxy) is 2. The van der Waals surface area contributed by atoms with E-state index in [-0.39, 0.29) is 10.9 Å². The van der Waals surface area contributed by atoms with E-state index in [9.17, 15) is 8.42 Å². The molecule has 2 atom stereocenters. The van der Waals surface area contributed by atoms with Gasteiger partial charge in [0.2, 0.25) is 0 Å². The fourth-order valence-corrected chi connectivity index (χ4v) is 3.76. The molecule has 0 aromatic heterocycles. The van der Waals surface area contributed by atoms with Crippen LogP contribution in [0.4, 0.5) is 0 Å². The molecule has 1 aliphatic rings. The molecule has 0 saturated heterocycles. The van der Waals surface area contributed by atoms with Crippen LogP contribution >= 0.6 is 0 Å². The van der Waals surface area contributed by atoms with Crippen LogP contribution in [0.1, 0.15) is 20.8 Å². The Hall–Kier alpha value is -1.27. The van der Waals surface area contributed by atoms with Gasteiger partial charge in [-0.2, -0.15) is 0 Å². The standard InChI is InChI=1S/C14H21NO4S/c1-4-15-10(2)11(3)20(16,17)12-5-6-13-14(9-12)19-8-7-18-13/h5-6,9-11,15H,4,7-8H2,1-3H3. The van der Waals surface area contributed by atoms with Crippen molar-refractivity contribution in [3.8, 4) is 11.5 Å². The molecule has 6 heteroatoms.